The summed E-state index contributed by atoms with van der Waals surface area (Å²) in [6.45, 7) is 4.30. The van der Waals surface area contributed by atoms with Crippen LogP contribution in [-0.2, 0) is 16.1 Å². The Morgan fingerprint density at radius 1 is 1.17 bits per heavy atom. The van der Waals surface area contributed by atoms with Gasteiger partial charge in [0.25, 0.3) is 0 Å². The number of tetrazole rings is 1. The average Bonchev–Trinajstić information content (AvgIpc) is 3.20. The van der Waals surface area contributed by atoms with Crippen molar-refractivity contribution < 1.29 is 14.3 Å². The number of hydrogen-bond acceptors (Lipinski definition) is 7. The number of carbonyl (C=O) groups excluding carboxylic acids is 1. The number of aromatic nitrogens is 4. The number of carbonyl (C=O) groups is 1. The van der Waals surface area contributed by atoms with Crippen LogP contribution in [0.25, 0.3) is 0 Å². The van der Waals surface area contributed by atoms with Crippen LogP contribution < -0.4 is 10.1 Å². The molecule has 4 rings (SSSR count). The summed E-state index contributed by atoms with van der Waals surface area (Å²) < 4.78 is 12.5. The van der Waals surface area contributed by atoms with Gasteiger partial charge in [0, 0.05) is 5.70 Å². The SMILES string of the molecule is COC(=O)C1=C(C)Nc2nnnn2C1c1cccc(OCc2ccc(C)cc2)c1. The molecule has 29 heavy (non-hydrogen) atoms. The van der Waals surface area contributed by atoms with Crippen molar-refractivity contribution in [3.05, 3.63) is 76.5 Å². The lowest BCUT2D eigenvalue weighted by Gasteiger charge is -2.27. The van der Waals surface area contributed by atoms with Crippen LogP contribution in [0.4, 0.5) is 5.95 Å². The van der Waals surface area contributed by atoms with Crippen LogP contribution >= 0.6 is 0 Å². The molecule has 8 nitrogen and oxygen atoms in total. The minimum absolute atomic E-state index is 0.438. The van der Waals surface area contributed by atoms with Crippen molar-refractivity contribution in [2.24, 2.45) is 0 Å². The van der Waals surface area contributed by atoms with Crippen LogP contribution in [0, 0.1) is 6.92 Å². The zero-order valence-electron chi connectivity index (χ0n) is 16.4. The van der Waals surface area contributed by atoms with Crippen LogP contribution in [-0.4, -0.2) is 33.3 Å². The van der Waals surface area contributed by atoms with Crippen molar-refractivity contribution in [3.63, 3.8) is 0 Å². The molecule has 0 amide bonds. The number of rotatable bonds is 5. The number of nitrogens with zero attached hydrogens (tertiary/aromatic N) is 4. The Balaban J connectivity index is 1.65. The number of allylic oxidation sites excluding steroid dienone is 1. The van der Waals surface area contributed by atoms with E-state index in [0.29, 0.717) is 29.6 Å². The van der Waals surface area contributed by atoms with E-state index in [1.807, 2.05) is 36.4 Å². The highest BCUT2D eigenvalue weighted by molar-refractivity contribution is 5.92. The quantitative estimate of drug-likeness (QED) is 0.669. The Hall–Kier alpha value is -3.68. The summed E-state index contributed by atoms with van der Waals surface area (Å²) in [5, 5.41) is 14.8. The fourth-order valence-corrected chi connectivity index (χ4v) is 3.32. The predicted molar refractivity (Wildman–Crippen MR) is 106 cm³/mol. The predicted octanol–water partition coefficient (Wildman–Crippen LogP) is 3.02. The lowest BCUT2D eigenvalue weighted by Crippen LogP contribution is -2.29. The van der Waals surface area contributed by atoms with Gasteiger partial charge in [-0.2, -0.15) is 4.68 Å². The molecule has 2 heterocycles. The zero-order valence-corrected chi connectivity index (χ0v) is 16.4. The van der Waals surface area contributed by atoms with E-state index < -0.39 is 12.0 Å². The molecule has 148 valence electrons. The van der Waals surface area contributed by atoms with Gasteiger partial charge in [-0.05, 0) is 47.5 Å². The minimum atomic E-state index is -0.517. The maximum Gasteiger partial charge on any atom is 0.338 e. The molecule has 0 fully saturated rings. The number of benzene rings is 2. The molecule has 0 saturated heterocycles. The molecule has 0 spiro atoms. The second-order valence-electron chi connectivity index (χ2n) is 6.85. The zero-order chi connectivity index (χ0) is 20.4. The lowest BCUT2D eigenvalue weighted by molar-refractivity contribution is -0.136. The molecule has 2 aromatic carbocycles. The summed E-state index contributed by atoms with van der Waals surface area (Å²) in [4.78, 5) is 12.5. The second-order valence-corrected chi connectivity index (χ2v) is 6.85. The smallest absolute Gasteiger partial charge is 0.338 e. The van der Waals surface area contributed by atoms with Crippen molar-refractivity contribution in [2.45, 2.75) is 26.5 Å². The number of hydrogen-bond donors (Lipinski definition) is 1. The standard InChI is InChI=1S/C21H21N5O3/c1-13-7-9-15(10-8-13)12-29-17-6-4-5-16(11-17)19-18(20(27)28-3)14(2)22-21-23-24-25-26(19)21/h4-11,19H,12H2,1-3H3,(H,22,23,25). The molecular weight excluding hydrogens is 370 g/mol. The Bertz CT molecular complexity index is 1070. The van der Waals surface area contributed by atoms with Gasteiger partial charge in [0.15, 0.2) is 0 Å². The molecule has 0 saturated carbocycles. The molecule has 0 bridgehead atoms. The van der Waals surface area contributed by atoms with Crippen molar-refractivity contribution in [1.29, 1.82) is 0 Å². The van der Waals surface area contributed by atoms with Crippen molar-refractivity contribution in [3.8, 4) is 5.75 Å². The number of methoxy groups -OCH3 is 1. The first-order valence-electron chi connectivity index (χ1n) is 9.19. The summed E-state index contributed by atoms with van der Waals surface area (Å²) in [5.74, 6) is 0.719. The highest BCUT2D eigenvalue weighted by Gasteiger charge is 2.34. The first kappa shape index (κ1) is 18.7. The van der Waals surface area contributed by atoms with Gasteiger partial charge in [0.1, 0.15) is 18.4 Å². The Morgan fingerprint density at radius 2 is 1.97 bits per heavy atom. The Morgan fingerprint density at radius 3 is 2.72 bits per heavy atom. The highest BCUT2D eigenvalue weighted by Crippen LogP contribution is 2.35. The number of nitrogens with one attached hydrogen (secondary N) is 1. The first-order chi connectivity index (χ1) is 14.1. The normalized spacial score (nSPS) is 15.5. The molecule has 1 aliphatic heterocycles. The third kappa shape index (κ3) is 3.69. The fourth-order valence-electron chi connectivity index (χ4n) is 3.32. The lowest BCUT2D eigenvalue weighted by atomic mass is 9.95. The molecule has 3 aromatic rings. The van der Waals surface area contributed by atoms with Crippen LogP contribution in [0.15, 0.2) is 59.8 Å². The molecule has 1 N–H and O–H groups in total. The van der Waals surface area contributed by atoms with Gasteiger partial charge in [0.2, 0.25) is 5.95 Å². The molecule has 1 unspecified atom stereocenters. The fraction of sp³-hybridized carbons (Fsp3) is 0.238. The van der Waals surface area contributed by atoms with Crippen LogP contribution in [0.3, 0.4) is 0 Å². The first-order valence-corrected chi connectivity index (χ1v) is 9.19. The average molecular weight is 391 g/mol. The van der Waals surface area contributed by atoms with E-state index in [4.69, 9.17) is 9.47 Å². The van der Waals surface area contributed by atoms with Gasteiger partial charge < -0.3 is 14.8 Å². The van der Waals surface area contributed by atoms with Gasteiger partial charge >= 0.3 is 5.97 Å². The minimum Gasteiger partial charge on any atom is -0.489 e. The maximum atomic E-state index is 12.5. The molecule has 1 aliphatic rings. The van der Waals surface area contributed by atoms with E-state index in [0.717, 1.165) is 11.1 Å². The Kier molecular flexibility index (Phi) is 4.99. The van der Waals surface area contributed by atoms with Crippen molar-refractivity contribution >= 4 is 11.9 Å². The molecule has 0 radical (unpaired) electrons. The van der Waals surface area contributed by atoms with E-state index in [1.54, 1.807) is 11.6 Å². The summed E-state index contributed by atoms with van der Waals surface area (Å²) in [6.07, 6.45) is 0. The van der Waals surface area contributed by atoms with Gasteiger partial charge in [-0.25, -0.2) is 4.79 Å². The number of fused-ring (bicyclic) bond motifs is 1. The topological polar surface area (TPSA) is 91.2 Å². The summed E-state index contributed by atoms with van der Waals surface area (Å²) in [7, 11) is 1.36. The van der Waals surface area contributed by atoms with Crippen LogP contribution in [0.5, 0.6) is 5.75 Å². The molecular formula is C21H21N5O3. The van der Waals surface area contributed by atoms with Gasteiger partial charge in [-0.1, -0.05) is 47.1 Å². The maximum absolute atomic E-state index is 12.5. The third-order valence-corrected chi connectivity index (χ3v) is 4.82. The molecule has 0 aliphatic carbocycles. The summed E-state index contributed by atoms with van der Waals surface area (Å²) >= 11 is 0. The second kappa shape index (κ2) is 7.75. The third-order valence-electron chi connectivity index (χ3n) is 4.82. The van der Waals surface area contributed by atoms with E-state index >= 15 is 0 Å². The van der Waals surface area contributed by atoms with E-state index in [-0.39, 0.29) is 0 Å². The van der Waals surface area contributed by atoms with E-state index in [1.165, 1.54) is 12.7 Å². The molecule has 1 aromatic heterocycles. The highest BCUT2D eigenvalue weighted by atomic mass is 16.5. The number of anilines is 1. The Labute approximate surface area is 168 Å². The van der Waals surface area contributed by atoms with Gasteiger partial charge in [-0.3, -0.25) is 0 Å². The van der Waals surface area contributed by atoms with Crippen LogP contribution in [0.1, 0.15) is 29.7 Å². The summed E-state index contributed by atoms with van der Waals surface area (Å²) in [5.41, 5.74) is 4.20. The number of ether oxygens (including phenoxy) is 2. The van der Waals surface area contributed by atoms with Crippen LogP contribution in [0.2, 0.25) is 0 Å². The van der Waals surface area contributed by atoms with Crippen molar-refractivity contribution in [2.75, 3.05) is 12.4 Å². The molecule has 1 atom stereocenters. The largest absolute Gasteiger partial charge is 0.489 e. The summed E-state index contributed by atoms with van der Waals surface area (Å²) in [6, 6.07) is 15.3. The van der Waals surface area contributed by atoms with Gasteiger partial charge in [0.05, 0.1) is 12.7 Å². The number of aryl methyl sites for hydroxylation is 1. The van der Waals surface area contributed by atoms with E-state index in [2.05, 4.69) is 39.9 Å². The molecule has 8 heteroatoms. The monoisotopic (exact) mass is 391 g/mol. The number of esters is 1. The van der Waals surface area contributed by atoms with Gasteiger partial charge in [-0.15, -0.1) is 0 Å². The van der Waals surface area contributed by atoms with E-state index in [9.17, 15) is 4.79 Å². The van der Waals surface area contributed by atoms with Crippen molar-refractivity contribution in [1.82, 2.24) is 20.2 Å².